The highest BCUT2D eigenvalue weighted by Crippen LogP contribution is 2.77. The summed E-state index contributed by atoms with van der Waals surface area (Å²) in [5.74, 6) is 2.89. The SMILES string of the molecule is C=C(C)[C@@H]1CC[C@]2(COC(=O)n3cncn3)CC[C@]3(C)C(CCC4[C@@]5(C)CC[C@H](O)C(C)(C)C5CC[C@]43C)C12. The van der Waals surface area contributed by atoms with Crippen molar-refractivity contribution >= 4 is 6.09 Å². The number of aliphatic hydroxyl groups is 1. The van der Waals surface area contributed by atoms with Crippen LogP contribution in [0, 0.1) is 56.7 Å². The highest BCUT2D eigenvalue weighted by atomic mass is 16.6. The number of hydrogen-bond acceptors (Lipinski definition) is 5. The Hall–Kier alpha value is -1.69. The first-order valence-electron chi connectivity index (χ1n) is 15.7. The minimum atomic E-state index is -0.420. The fraction of sp³-hybridized carbons (Fsp3) is 0.848. The highest BCUT2D eigenvalue weighted by Gasteiger charge is 2.71. The second-order valence-electron chi connectivity index (χ2n) is 15.8. The fourth-order valence-electron chi connectivity index (χ4n) is 12.1. The van der Waals surface area contributed by atoms with Crippen LogP contribution in [0.4, 0.5) is 4.79 Å². The van der Waals surface area contributed by atoms with E-state index in [0.717, 1.165) is 32.1 Å². The van der Waals surface area contributed by atoms with Gasteiger partial charge in [-0.2, -0.15) is 4.68 Å². The largest absolute Gasteiger partial charge is 0.447 e. The Morgan fingerprint density at radius 3 is 2.44 bits per heavy atom. The number of allylic oxidation sites excluding steroid dienone is 1. The lowest BCUT2D eigenvalue weighted by Gasteiger charge is -2.73. The molecule has 0 radical (unpaired) electrons. The normalized spacial score (nSPS) is 48.3. The number of rotatable bonds is 3. The molecule has 0 amide bonds. The molecular formula is C33H51N3O3. The zero-order valence-electron chi connectivity index (χ0n) is 25.2. The van der Waals surface area contributed by atoms with Crippen LogP contribution in [0.25, 0.3) is 0 Å². The summed E-state index contributed by atoms with van der Waals surface area (Å²) in [4.78, 5) is 16.7. The van der Waals surface area contributed by atoms with Gasteiger partial charge < -0.3 is 9.84 Å². The topological polar surface area (TPSA) is 77.2 Å². The summed E-state index contributed by atoms with van der Waals surface area (Å²) >= 11 is 0. The summed E-state index contributed by atoms with van der Waals surface area (Å²) in [6.07, 6.45) is 13.9. The molecule has 1 N–H and O–H groups in total. The first-order chi connectivity index (χ1) is 18.3. The van der Waals surface area contributed by atoms with E-state index >= 15 is 0 Å². The number of aromatic nitrogens is 3. The van der Waals surface area contributed by atoms with Crippen molar-refractivity contribution in [2.45, 2.75) is 112 Å². The van der Waals surface area contributed by atoms with E-state index in [0.29, 0.717) is 36.2 Å². The van der Waals surface area contributed by atoms with Crippen LogP contribution in [-0.2, 0) is 4.74 Å². The van der Waals surface area contributed by atoms with Gasteiger partial charge in [-0.1, -0.05) is 46.8 Å². The first-order valence-corrected chi connectivity index (χ1v) is 15.7. The molecule has 6 heteroatoms. The summed E-state index contributed by atoms with van der Waals surface area (Å²) in [5, 5.41) is 15.0. The molecular weight excluding hydrogens is 486 g/mol. The zero-order chi connectivity index (χ0) is 28.0. The van der Waals surface area contributed by atoms with Crippen molar-refractivity contribution in [1.82, 2.24) is 14.8 Å². The van der Waals surface area contributed by atoms with Crippen molar-refractivity contribution in [3.63, 3.8) is 0 Å². The van der Waals surface area contributed by atoms with E-state index in [4.69, 9.17) is 4.74 Å². The van der Waals surface area contributed by atoms with Crippen molar-refractivity contribution in [3.8, 4) is 0 Å². The monoisotopic (exact) mass is 537 g/mol. The maximum Gasteiger partial charge on any atom is 0.436 e. The molecule has 39 heavy (non-hydrogen) atoms. The van der Waals surface area contributed by atoms with E-state index in [1.807, 2.05) is 0 Å². The highest BCUT2D eigenvalue weighted by molar-refractivity contribution is 5.68. The van der Waals surface area contributed by atoms with Crippen molar-refractivity contribution < 1.29 is 14.6 Å². The third-order valence-electron chi connectivity index (χ3n) is 14.3. The molecule has 5 aliphatic carbocycles. The molecule has 0 aliphatic heterocycles. The lowest BCUT2D eigenvalue weighted by molar-refractivity contribution is -0.249. The maximum atomic E-state index is 12.8. The number of carbonyl (C=O) groups is 1. The molecule has 1 aromatic rings. The molecule has 5 aliphatic rings. The summed E-state index contributed by atoms with van der Waals surface area (Å²) in [5.41, 5.74) is 2.13. The molecule has 5 fully saturated rings. The predicted molar refractivity (Wildman–Crippen MR) is 152 cm³/mol. The number of fused-ring (bicyclic) bond motifs is 7. The summed E-state index contributed by atoms with van der Waals surface area (Å²) in [6, 6.07) is 0. The molecule has 6 rings (SSSR count). The third-order valence-corrected chi connectivity index (χ3v) is 14.3. The van der Waals surface area contributed by atoms with Crippen LogP contribution in [0.1, 0.15) is 106 Å². The van der Waals surface area contributed by atoms with Crippen LogP contribution < -0.4 is 0 Å². The van der Waals surface area contributed by atoms with Crippen LogP contribution in [-0.4, -0.2) is 38.7 Å². The molecule has 4 unspecified atom stereocenters. The fourth-order valence-corrected chi connectivity index (χ4v) is 12.1. The van der Waals surface area contributed by atoms with Crippen LogP contribution >= 0.6 is 0 Å². The van der Waals surface area contributed by atoms with Crippen molar-refractivity contribution in [2.24, 2.45) is 56.7 Å². The Balaban J connectivity index is 1.33. The van der Waals surface area contributed by atoms with Gasteiger partial charge in [0, 0.05) is 5.41 Å². The Kier molecular flexibility index (Phi) is 6.27. The molecule has 0 aromatic carbocycles. The smallest absolute Gasteiger partial charge is 0.436 e. The van der Waals surface area contributed by atoms with Crippen molar-refractivity contribution in [2.75, 3.05) is 6.61 Å². The number of nitrogens with zero attached hydrogens (tertiary/aromatic N) is 3. The van der Waals surface area contributed by atoms with Crippen molar-refractivity contribution in [3.05, 3.63) is 24.8 Å². The Morgan fingerprint density at radius 1 is 0.974 bits per heavy atom. The van der Waals surface area contributed by atoms with Gasteiger partial charge in [-0.3, -0.25) is 0 Å². The van der Waals surface area contributed by atoms with E-state index in [2.05, 4.69) is 58.2 Å². The Labute approximate surface area is 235 Å². The van der Waals surface area contributed by atoms with Gasteiger partial charge in [0.25, 0.3) is 0 Å². The van der Waals surface area contributed by atoms with E-state index in [1.54, 1.807) is 0 Å². The first kappa shape index (κ1) is 27.5. The molecule has 216 valence electrons. The van der Waals surface area contributed by atoms with Gasteiger partial charge in [0.2, 0.25) is 0 Å². The van der Waals surface area contributed by atoms with E-state index < -0.39 is 6.09 Å². The number of carbonyl (C=O) groups excluding carboxylic acids is 1. The molecule has 1 aromatic heterocycles. The second kappa shape index (κ2) is 8.90. The van der Waals surface area contributed by atoms with Gasteiger partial charge in [-0.05, 0) is 122 Å². The minimum Gasteiger partial charge on any atom is -0.447 e. The Morgan fingerprint density at radius 2 is 1.74 bits per heavy atom. The van der Waals surface area contributed by atoms with Crippen LogP contribution in [0.2, 0.25) is 0 Å². The number of hydrogen-bond donors (Lipinski definition) is 1. The molecule has 0 bridgehead atoms. The molecule has 5 saturated carbocycles. The maximum absolute atomic E-state index is 12.8. The molecule has 0 spiro atoms. The predicted octanol–water partition coefficient (Wildman–Crippen LogP) is 7.28. The van der Waals surface area contributed by atoms with E-state index in [1.165, 1.54) is 55.0 Å². The third kappa shape index (κ3) is 3.64. The average molecular weight is 538 g/mol. The summed E-state index contributed by atoms with van der Waals surface area (Å²) in [7, 11) is 0. The molecule has 10 atom stereocenters. The standard InChI is InChI=1S/C33H51N3O3/c1-21(2)22-10-15-33(18-39-28(38)36-20-34-19-35-36)17-16-31(6)23(27(22)33)8-9-25-30(5)13-12-26(37)29(3,4)24(30)11-14-32(25,31)7/h19-20,22-27,37H,1,8-18H2,2-7H3/t22-,23?,24?,25?,26-,27?,30-,31+,32+,33+/m0/s1. The molecule has 1 heterocycles. The van der Waals surface area contributed by atoms with Gasteiger partial charge in [0.05, 0.1) is 12.7 Å². The van der Waals surface area contributed by atoms with Gasteiger partial charge in [-0.15, -0.1) is 5.10 Å². The molecule has 0 saturated heterocycles. The van der Waals surface area contributed by atoms with Gasteiger partial charge >= 0.3 is 6.09 Å². The van der Waals surface area contributed by atoms with Crippen LogP contribution in [0.5, 0.6) is 0 Å². The van der Waals surface area contributed by atoms with Crippen LogP contribution in [0.3, 0.4) is 0 Å². The number of ether oxygens (including phenoxy) is 1. The van der Waals surface area contributed by atoms with E-state index in [-0.39, 0.29) is 33.2 Å². The van der Waals surface area contributed by atoms with Crippen molar-refractivity contribution in [1.29, 1.82) is 0 Å². The summed E-state index contributed by atoms with van der Waals surface area (Å²) in [6.45, 7) is 19.8. The zero-order valence-corrected chi connectivity index (χ0v) is 25.2. The second-order valence-corrected chi connectivity index (χ2v) is 15.8. The van der Waals surface area contributed by atoms with Gasteiger partial charge in [-0.25, -0.2) is 9.78 Å². The average Bonchev–Trinajstić information content (AvgIpc) is 3.55. The van der Waals surface area contributed by atoms with E-state index in [9.17, 15) is 9.90 Å². The minimum absolute atomic E-state index is 0.0156. The Bertz CT molecular complexity index is 1130. The lowest BCUT2D eigenvalue weighted by atomic mass is 9.32. The van der Waals surface area contributed by atoms with Crippen LogP contribution in [0.15, 0.2) is 24.8 Å². The summed E-state index contributed by atoms with van der Waals surface area (Å²) < 4.78 is 7.20. The quantitative estimate of drug-likeness (QED) is 0.410. The lowest BCUT2D eigenvalue weighted by Crippen LogP contribution is -2.66. The molecule has 6 nitrogen and oxygen atoms in total. The van der Waals surface area contributed by atoms with Gasteiger partial charge in [0.15, 0.2) is 0 Å². The van der Waals surface area contributed by atoms with Gasteiger partial charge in [0.1, 0.15) is 12.7 Å². The number of aliphatic hydroxyl groups excluding tert-OH is 1.